The fourth-order valence-electron chi connectivity index (χ4n) is 1.85. The van der Waals surface area contributed by atoms with E-state index in [-0.39, 0.29) is 0 Å². The fraction of sp³-hybridized carbons (Fsp3) is 0.286. The van der Waals surface area contributed by atoms with E-state index in [9.17, 15) is 0 Å². The van der Waals surface area contributed by atoms with E-state index < -0.39 is 0 Å². The van der Waals surface area contributed by atoms with E-state index in [1.807, 2.05) is 30.3 Å². The molecule has 0 bridgehead atoms. The zero-order valence-corrected chi connectivity index (χ0v) is 11.9. The van der Waals surface area contributed by atoms with Gasteiger partial charge in [-0.15, -0.1) is 0 Å². The molecule has 0 fully saturated rings. The average molecular weight is 277 g/mol. The molecule has 1 aromatic carbocycles. The Morgan fingerprint density at radius 3 is 2.63 bits per heavy atom. The summed E-state index contributed by atoms with van der Waals surface area (Å²) in [5.74, 6) is 1.68. The van der Waals surface area contributed by atoms with Crippen molar-refractivity contribution in [1.82, 2.24) is 9.97 Å². The molecular weight excluding hydrogens is 260 g/mol. The van der Waals surface area contributed by atoms with Gasteiger partial charge in [-0.05, 0) is 32.0 Å². The van der Waals surface area contributed by atoms with E-state index in [1.165, 1.54) is 0 Å². The van der Waals surface area contributed by atoms with E-state index in [1.54, 1.807) is 6.33 Å². The van der Waals surface area contributed by atoms with Gasteiger partial charge in [-0.1, -0.05) is 17.7 Å². The van der Waals surface area contributed by atoms with Crippen LogP contribution < -0.4 is 10.2 Å². The van der Waals surface area contributed by atoms with Crippen molar-refractivity contribution in [3.63, 3.8) is 0 Å². The first-order valence-corrected chi connectivity index (χ1v) is 6.70. The summed E-state index contributed by atoms with van der Waals surface area (Å²) in [7, 11) is 0. The molecule has 0 unspecified atom stereocenters. The summed E-state index contributed by atoms with van der Waals surface area (Å²) in [5.41, 5.74) is 0.914. The second kappa shape index (κ2) is 6.38. The molecule has 2 rings (SSSR count). The normalized spacial score (nSPS) is 10.3. The highest BCUT2D eigenvalue weighted by atomic mass is 35.5. The van der Waals surface area contributed by atoms with E-state index in [4.69, 9.17) is 11.6 Å². The summed E-state index contributed by atoms with van der Waals surface area (Å²) in [6.45, 7) is 6.06. The van der Waals surface area contributed by atoms with Gasteiger partial charge in [0.2, 0.25) is 0 Å². The second-order valence-electron chi connectivity index (χ2n) is 4.07. The Labute approximate surface area is 118 Å². The van der Waals surface area contributed by atoms with E-state index in [2.05, 4.69) is 34.0 Å². The molecule has 4 nitrogen and oxygen atoms in total. The maximum atomic E-state index is 5.96. The molecular formula is C14H17ClN4. The summed E-state index contributed by atoms with van der Waals surface area (Å²) >= 11 is 5.96. The van der Waals surface area contributed by atoms with Gasteiger partial charge in [0.1, 0.15) is 18.0 Å². The summed E-state index contributed by atoms with van der Waals surface area (Å²) in [4.78, 5) is 10.7. The maximum absolute atomic E-state index is 5.96. The van der Waals surface area contributed by atoms with Crippen LogP contribution in [0.1, 0.15) is 13.8 Å². The monoisotopic (exact) mass is 276 g/mol. The first-order valence-electron chi connectivity index (χ1n) is 6.32. The first-order chi connectivity index (χ1) is 9.22. The van der Waals surface area contributed by atoms with Crippen LogP contribution in [0, 0.1) is 0 Å². The minimum Gasteiger partial charge on any atom is -0.357 e. The Kier molecular flexibility index (Phi) is 4.58. The van der Waals surface area contributed by atoms with Crippen molar-refractivity contribution in [3.8, 4) is 0 Å². The van der Waals surface area contributed by atoms with Crippen LogP contribution in [-0.2, 0) is 0 Å². The number of halogens is 1. The minimum absolute atomic E-state index is 0.697. The summed E-state index contributed by atoms with van der Waals surface area (Å²) < 4.78 is 0. The van der Waals surface area contributed by atoms with Gasteiger partial charge in [0.15, 0.2) is 0 Å². The largest absolute Gasteiger partial charge is 0.357 e. The van der Waals surface area contributed by atoms with Gasteiger partial charge < -0.3 is 10.2 Å². The Bertz CT molecular complexity index is 540. The Hall–Kier alpha value is -1.81. The van der Waals surface area contributed by atoms with Crippen molar-refractivity contribution >= 4 is 28.9 Å². The molecule has 100 valence electrons. The standard InChI is InChI=1S/C14H17ClN4/c1-3-19(4-2)14-9-13(16-10-17-14)18-12-7-5-6-11(15)8-12/h5-10H,3-4H2,1-2H3,(H,16,17,18). The van der Waals surface area contributed by atoms with Crippen LogP contribution in [0.15, 0.2) is 36.7 Å². The fourth-order valence-corrected chi connectivity index (χ4v) is 2.04. The van der Waals surface area contributed by atoms with Crippen molar-refractivity contribution in [3.05, 3.63) is 41.7 Å². The first kappa shape index (κ1) is 13.6. The Morgan fingerprint density at radius 1 is 1.16 bits per heavy atom. The Balaban J connectivity index is 2.19. The van der Waals surface area contributed by atoms with Crippen molar-refractivity contribution in [2.75, 3.05) is 23.3 Å². The van der Waals surface area contributed by atoms with Gasteiger partial charge in [-0.3, -0.25) is 0 Å². The Morgan fingerprint density at radius 2 is 1.95 bits per heavy atom. The summed E-state index contributed by atoms with van der Waals surface area (Å²) in [6, 6.07) is 9.49. The number of aromatic nitrogens is 2. The molecule has 2 aromatic rings. The van der Waals surface area contributed by atoms with E-state index in [0.29, 0.717) is 5.02 Å². The zero-order valence-electron chi connectivity index (χ0n) is 11.1. The maximum Gasteiger partial charge on any atom is 0.135 e. The zero-order chi connectivity index (χ0) is 13.7. The lowest BCUT2D eigenvalue weighted by Gasteiger charge is -2.19. The summed E-state index contributed by atoms with van der Waals surface area (Å²) in [6.07, 6.45) is 1.57. The molecule has 0 aliphatic rings. The molecule has 0 aliphatic carbocycles. The van der Waals surface area contributed by atoms with E-state index in [0.717, 1.165) is 30.4 Å². The summed E-state index contributed by atoms with van der Waals surface area (Å²) in [5, 5.41) is 3.92. The van der Waals surface area contributed by atoms with Crippen LogP contribution in [0.4, 0.5) is 17.3 Å². The van der Waals surface area contributed by atoms with Crippen LogP contribution >= 0.6 is 11.6 Å². The van der Waals surface area contributed by atoms with Gasteiger partial charge in [0.25, 0.3) is 0 Å². The van der Waals surface area contributed by atoms with Crippen LogP contribution in [0.2, 0.25) is 5.02 Å². The highest BCUT2D eigenvalue weighted by Crippen LogP contribution is 2.20. The predicted molar refractivity (Wildman–Crippen MR) is 80.3 cm³/mol. The lowest BCUT2D eigenvalue weighted by Crippen LogP contribution is -2.23. The molecule has 1 heterocycles. The predicted octanol–water partition coefficient (Wildman–Crippen LogP) is 3.72. The number of nitrogens with one attached hydrogen (secondary N) is 1. The average Bonchev–Trinajstić information content (AvgIpc) is 2.41. The van der Waals surface area contributed by atoms with Crippen LogP contribution in [0.3, 0.4) is 0 Å². The highest BCUT2D eigenvalue weighted by Gasteiger charge is 2.05. The number of benzene rings is 1. The number of anilines is 3. The second-order valence-corrected chi connectivity index (χ2v) is 4.51. The third-order valence-electron chi connectivity index (χ3n) is 2.84. The van der Waals surface area contributed by atoms with Gasteiger partial charge in [0.05, 0.1) is 0 Å². The smallest absolute Gasteiger partial charge is 0.135 e. The number of rotatable bonds is 5. The molecule has 0 radical (unpaired) electrons. The quantitative estimate of drug-likeness (QED) is 0.904. The van der Waals surface area contributed by atoms with E-state index >= 15 is 0 Å². The molecule has 0 saturated heterocycles. The lowest BCUT2D eigenvalue weighted by molar-refractivity contribution is 0.842. The van der Waals surface area contributed by atoms with Crippen molar-refractivity contribution in [2.45, 2.75) is 13.8 Å². The third-order valence-corrected chi connectivity index (χ3v) is 3.07. The number of hydrogen-bond donors (Lipinski definition) is 1. The molecule has 1 N–H and O–H groups in total. The van der Waals surface area contributed by atoms with Gasteiger partial charge in [-0.25, -0.2) is 9.97 Å². The highest BCUT2D eigenvalue weighted by molar-refractivity contribution is 6.30. The van der Waals surface area contributed by atoms with Crippen molar-refractivity contribution in [2.24, 2.45) is 0 Å². The van der Waals surface area contributed by atoms with Crippen LogP contribution in [-0.4, -0.2) is 23.1 Å². The molecule has 0 aliphatic heterocycles. The van der Waals surface area contributed by atoms with Gasteiger partial charge in [-0.2, -0.15) is 0 Å². The minimum atomic E-state index is 0.697. The SMILES string of the molecule is CCN(CC)c1cc(Nc2cccc(Cl)c2)ncn1. The molecule has 5 heteroatoms. The van der Waals surface area contributed by atoms with Crippen molar-refractivity contribution < 1.29 is 0 Å². The topological polar surface area (TPSA) is 41.0 Å². The molecule has 1 aromatic heterocycles. The number of hydrogen-bond acceptors (Lipinski definition) is 4. The molecule has 0 amide bonds. The van der Waals surface area contributed by atoms with Gasteiger partial charge >= 0.3 is 0 Å². The molecule has 0 spiro atoms. The lowest BCUT2D eigenvalue weighted by atomic mass is 10.3. The number of nitrogens with zero attached hydrogens (tertiary/aromatic N) is 3. The van der Waals surface area contributed by atoms with Crippen LogP contribution in [0.5, 0.6) is 0 Å². The van der Waals surface area contributed by atoms with Gasteiger partial charge in [0, 0.05) is 29.9 Å². The van der Waals surface area contributed by atoms with Crippen LogP contribution in [0.25, 0.3) is 0 Å². The third kappa shape index (κ3) is 3.58. The molecule has 19 heavy (non-hydrogen) atoms. The van der Waals surface area contributed by atoms with Crippen molar-refractivity contribution in [1.29, 1.82) is 0 Å². The molecule has 0 atom stereocenters. The molecule has 0 saturated carbocycles.